The molecule has 3 aromatic rings. The maximum Gasteiger partial charge on any atom is 0.573 e. The molecule has 0 amide bonds. The number of benzene rings is 1. The Morgan fingerprint density at radius 3 is 2.59 bits per heavy atom. The highest BCUT2D eigenvalue weighted by atomic mass is 19.4. The first-order valence-corrected chi connectivity index (χ1v) is 9.38. The summed E-state index contributed by atoms with van der Waals surface area (Å²) < 4.78 is 83.0. The average molecular weight is 462 g/mol. The van der Waals surface area contributed by atoms with E-state index in [0.717, 1.165) is 24.0 Å². The highest BCUT2D eigenvalue weighted by Crippen LogP contribution is 2.40. The molecule has 1 aliphatic heterocycles. The van der Waals surface area contributed by atoms with E-state index >= 15 is 0 Å². The van der Waals surface area contributed by atoms with Crippen LogP contribution in [0.1, 0.15) is 18.4 Å². The topological polar surface area (TPSA) is 87.8 Å². The maximum atomic E-state index is 13.0. The van der Waals surface area contributed by atoms with Gasteiger partial charge in [0.05, 0.1) is 17.3 Å². The lowest BCUT2D eigenvalue weighted by Gasteiger charge is -2.29. The number of rotatable bonds is 4. The van der Waals surface area contributed by atoms with Crippen LogP contribution in [0, 0.1) is 0 Å². The second kappa shape index (κ2) is 8.09. The van der Waals surface area contributed by atoms with Crippen molar-refractivity contribution in [3.8, 4) is 17.0 Å². The molecule has 1 fully saturated rings. The van der Waals surface area contributed by atoms with Crippen molar-refractivity contribution in [2.24, 2.45) is 0 Å². The van der Waals surface area contributed by atoms with E-state index in [1.807, 2.05) is 0 Å². The Morgan fingerprint density at radius 1 is 1.12 bits per heavy atom. The van der Waals surface area contributed by atoms with Gasteiger partial charge in [0.1, 0.15) is 17.8 Å². The molecular formula is C18H16F6N6O2. The molecule has 1 aliphatic rings. The summed E-state index contributed by atoms with van der Waals surface area (Å²) in [5, 5.41) is 21.8. The van der Waals surface area contributed by atoms with Gasteiger partial charge >= 0.3 is 12.5 Å². The van der Waals surface area contributed by atoms with Crippen LogP contribution >= 0.6 is 0 Å². The summed E-state index contributed by atoms with van der Waals surface area (Å²) >= 11 is 0. The van der Waals surface area contributed by atoms with E-state index in [9.17, 15) is 31.5 Å². The van der Waals surface area contributed by atoms with Crippen molar-refractivity contribution < 1.29 is 36.3 Å². The molecule has 0 unspecified atom stereocenters. The Hall–Kier alpha value is -3.13. The highest BCUT2D eigenvalue weighted by Gasteiger charge is 2.36. The molecule has 2 aromatic heterocycles. The SMILES string of the molecule is ON1CCC[C@@H](Nc2nnc(-c3ccc(C(F)(F)F)cc3OC(F)(F)F)c3cncn23)C1. The van der Waals surface area contributed by atoms with E-state index < -0.39 is 23.9 Å². The number of ether oxygens (including phenoxy) is 1. The third-order valence-electron chi connectivity index (χ3n) is 4.88. The van der Waals surface area contributed by atoms with Crippen LogP contribution < -0.4 is 10.1 Å². The molecule has 14 heteroatoms. The first kappa shape index (κ1) is 22.1. The van der Waals surface area contributed by atoms with E-state index in [0.29, 0.717) is 19.2 Å². The summed E-state index contributed by atoms with van der Waals surface area (Å²) in [5.41, 5.74) is -1.58. The van der Waals surface area contributed by atoms with Gasteiger partial charge in [-0.2, -0.15) is 18.2 Å². The molecule has 2 N–H and O–H groups in total. The Labute approximate surface area is 176 Å². The van der Waals surface area contributed by atoms with Gasteiger partial charge in [-0.3, -0.25) is 4.40 Å². The lowest BCUT2D eigenvalue weighted by molar-refractivity contribution is -0.274. The van der Waals surface area contributed by atoms with E-state index in [-0.39, 0.29) is 34.8 Å². The molecule has 0 bridgehead atoms. The molecule has 172 valence electrons. The molecule has 4 rings (SSSR count). The van der Waals surface area contributed by atoms with Gasteiger partial charge in [-0.15, -0.1) is 23.4 Å². The number of hydrogen-bond donors (Lipinski definition) is 2. The number of hydrogen-bond acceptors (Lipinski definition) is 7. The van der Waals surface area contributed by atoms with Crippen LogP contribution in [0.25, 0.3) is 16.8 Å². The van der Waals surface area contributed by atoms with Gasteiger partial charge in [0.15, 0.2) is 0 Å². The van der Waals surface area contributed by atoms with Crippen LogP contribution in [0.3, 0.4) is 0 Å². The minimum Gasteiger partial charge on any atom is -0.405 e. The number of piperidine rings is 1. The molecule has 8 nitrogen and oxygen atoms in total. The number of halogens is 6. The Balaban J connectivity index is 1.76. The number of nitrogens with zero attached hydrogens (tertiary/aromatic N) is 5. The predicted molar refractivity (Wildman–Crippen MR) is 97.9 cm³/mol. The number of nitrogens with one attached hydrogen (secondary N) is 1. The minimum absolute atomic E-state index is 0.145. The Morgan fingerprint density at radius 2 is 1.91 bits per heavy atom. The third kappa shape index (κ3) is 4.70. The monoisotopic (exact) mass is 462 g/mol. The molecule has 3 heterocycles. The summed E-state index contributed by atoms with van der Waals surface area (Å²) in [6.45, 7) is 0.848. The Kier molecular flexibility index (Phi) is 5.58. The largest absolute Gasteiger partial charge is 0.573 e. The summed E-state index contributed by atoms with van der Waals surface area (Å²) in [6, 6.07) is 1.58. The summed E-state index contributed by atoms with van der Waals surface area (Å²) in [6.07, 6.45) is -5.99. The minimum atomic E-state index is -5.22. The first-order valence-electron chi connectivity index (χ1n) is 9.38. The van der Waals surface area contributed by atoms with Crippen LogP contribution in [0.4, 0.5) is 32.3 Å². The van der Waals surface area contributed by atoms with Crippen LogP contribution in [-0.4, -0.2) is 55.3 Å². The lowest BCUT2D eigenvalue weighted by Crippen LogP contribution is -2.40. The van der Waals surface area contributed by atoms with Crippen LogP contribution in [0.15, 0.2) is 30.7 Å². The Bertz CT molecular complexity index is 1120. The van der Waals surface area contributed by atoms with Gasteiger partial charge in [0, 0.05) is 24.7 Å². The quantitative estimate of drug-likeness (QED) is 0.568. The molecule has 1 atom stereocenters. The van der Waals surface area contributed by atoms with Gasteiger partial charge in [-0.05, 0) is 31.0 Å². The van der Waals surface area contributed by atoms with E-state index in [1.165, 1.54) is 16.9 Å². The maximum absolute atomic E-state index is 13.0. The lowest BCUT2D eigenvalue weighted by atomic mass is 10.1. The molecule has 32 heavy (non-hydrogen) atoms. The number of anilines is 1. The zero-order valence-corrected chi connectivity index (χ0v) is 16.2. The normalized spacial score (nSPS) is 18.2. The highest BCUT2D eigenvalue weighted by molar-refractivity contribution is 5.81. The van der Waals surface area contributed by atoms with Crippen molar-refractivity contribution in [2.45, 2.75) is 31.4 Å². The van der Waals surface area contributed by atoms with E-state index in [4.69, 9.17) is 0 Å². The van der Waals surface area contributed by atoms with Gasteiger partial charge in [0.25, 0.3) is 0 Å². The van der Waals surface area contributed by atoms with Gasteiger partial charge in [-0.1, -0.05) is 0 Å². The number of alkyl halides is 6. The predicted octanol–water partition coefficient (Wildman–Crippen LogP) is 3.97. The fraction of sp³-hybridized carbons (Fsp3) is 0.389. The van der Waals surface area contributed by atoms with E-state index in [1.54, 1.807) is 0 Å². The average Bonchev–Trinajstić information content (AvgIpc) is 3.17. The molecule has 0 saturated carbocycles. The van der Waals surface area contributed by atoms with E-state index in [2.05, 4.69) is 25.2 Å². The summed E-state index contributed by atoms with van der Waals surface area (Å²) in [5.74, 6) is -0.847. The van der Waals surface area contributed by atoms with Crippen molar-refractivity contribution in [1.82, 2.24) is 24.6 Å². The second-order valence-corrected chi connectivity index (χ2v) is 7.17. The molecule has 0 radical (unpaired) electrons. The van der Waals surface area contributed by atoms with Crippen LogP contribution in [-0.2, 0) is 6.18 Å². The molecule has 1 aromatic carbocycles. The molecule has 0 aliphatic carbocycles. The van der Waals surface area contributed by atoms with Crippen molar-refractivity contribution in [3.63, 3.8) is 0 Å². The molecule has 1 saturated heterocycles. The zero-order chi connectivity index (χ0) is 23.1. The number of aromatic nitrogens is 4. The van der Waals surface area contributed by atoms with Gasteiger partial charge in [0.2, 0.25) is 5.95 Å². The number of hydroxylamine groups is 2. The van der Waals surface area contributed by atoms with Crippen molar-refractivity contribution in [1.29, 1.82) is 0 Å². The first-order chi connectivity index (χ1) is 15.0. The second-order valence-electron chi connectivity index (χ2n) is 7.17. The number of fused-ring (bicyclic) bond motifs is 1. The smallest absolute Gasteiger partial charge is 0.405 e. The molecule has 0 spiro atoms. The summed E-state index contributed by atoms with van der Waals surface area (Å²) in [4.78, 5) is 3.96. The van der Waals surface area contributed by atoms with Gasteiger partial charge in [-0.25, -0.2) is 4.98 Å². The van der Waals surface area contributed by atoms with Crippen LogP contribution in [0.5, 0.6) is 5.75 Å². The fourth-order valence-electron chi connectivity index (χ4n) is 3.49. The molecular weight excluding hydrogens is 446 g/mol. The third-order valence-corrected chi connectivity index (χ3v) is 4.88. The van der Waals surface area contributed by atoms with Crippen LogP contribution in [0.2, 0.25) is 0 Å². The van der Waals surface area contributed by atoms with Crippen molar-refractivity contribution >= 4 is 11.5 Å². The standard InChI is InChI=1S/C18H16F6N6O2/c19-17(20,21)10-3-4-12(14(6-10)32-18(22,23)24)15-13-7-25-9-30(13)16(28-27-15)26-11-2-1-5-29(31)8-11/h3-4,6-7,9,11,31H,1-2,5,8H2,(H,26,28)/t11-/m1/s1. The zero-order valence-electron chi connectivity index (χ0n) is 16.2. The van der Waals surface area contributed by atoms with Crippen molar-refractivity contribution in [2.75, 3.05) is 18.4 Å². The number of imidazole rings is 1. The fourth-order valence-corrected chi connectivity index (χ4v) is 3.49. The summed E-state index contributed by atoms with van der Waals surface area (Å²) in [7, 11) is 0. The van der Waals surface area contributed by atoms with Crippen molar-refractivity contribution in [3.05, 3.63) is 36.3 Å². The van der Waals surface area contributed by atoms with Gasteiger partial charge < -0.3 is 15.3 Å².